The van der Waals surface area contributed by atoms with Gasteiger partial charge in [0.05, 0.1) is 5.71 Å². The van der Waals surface area contributed by atoms with Gasteiger partial charge in [0.25, 0.3) is 0 Å². The average molecular weight is 463 g/mol. The predicted octanol–water partition coefficient (Wildman–Crippen LogP) is 3.86. The van der Waals surface area contributed by atoms with E-state index in [1.807, 2.05) is 13.8 Å². The molecule has 1 saturated carbocycles. The summed E-state index contributed by atoms with van der Waals surface area (Å²) in [5.41, 5.74) is 9.10. The van der Waals surface area contributed by atoms with Crippen LogP contribution >= 0.6 is 0 Å². The molecule has 5 rings (SSSR count). The maximum Gasteiger partial charge on any atom is 0.459 e. The lowest BCUT2D eigenvalue weighted by Gasteiger charge is -2.32. The molecular formula is C25H30N6O3. The molecule has 9 nitrogen and oxygen atoms in total. The van der Waals surface area contributed by atoms with Crippen molar-refractivity contribution in [3.05, 3.63) is 57.6 Å². The largest absolute Gasteiger partial charge is 0.463 e. The lowest BCUT2D eigenvalue weighted by molar-refractivity contribution is 0.171. The molecule has 1 aromatic carbocycles. The Kier molecular flexibility index (Phi) is 5.50. The van der Waals surface area contributed by atoms with Crippen molar-refractivity contribution in [1.82, 2.24) is 19.7 Å². The van der Waals surface area contributed by atoms with Crippen molar-refractivity contribution in [3.63, 3.8) is 0 Å². The third-order valence-electron chi connectivity index (χ3n) is 6.91. The van der Waals surface area contributed by atoms with Gasteiger partial charge in [-0.2, -0.15) is 14.7 Å². The second kappa shape index (κ2) is 8.38. The van der Waals surface area contributed by atoms with Crippen LogP contribution in [-0.2, 0) is 13.5 Å². The van der Waals surface area contributed by atoms with Crippen LogP contribution in [0.1, 0.15) is 68.2 Å². The highest BCUT2D eigenvalue weighted by atomic mass is 16.5. The van der Waals surface area contributed by atoms with Crippen molar-refractivity contribution in [3.8, 4) is 5.88 Å². The number of fused-ring (bicyclic) bond motifs is 1. The van der Waals surface area contributed by atoms with E-state index in [4.69, 9.17) is 20.0 Å². The van der Waals surface area contributed by atoms with Crippen molar-refractivity contribution < 1.29 is 9.26 Å². The Morgan fingerprint density at radius 1 is 1.09 bits per heavy atom. The highest BCUT2D eigenvalue weighted by molar-refractivity contribution is 6.09. The summed E-state index contributed by atoms with van der Waals surface area (Å²) in [7, 11) is 1.74. The maximum absolute atomic E-state index is 11.3. The summed E-state index contributed by atoms with van der Waals surface area (Å²) >= 11 is 0. The SMILES string of the molecule is Cc1nc(N)c2c(n1)OC(C)(C)C(c1ccc(C3CCC(Cc4nc(=O)on4C)CC3)cc1)=N2. The van der Waals surface area contributed by atoms with Crippen LogP contribution in [0.5, 0.6) is 5.88 Å². The lowest BCUT2D eigenvalue weighted by atomic mass is 9.77. The minimum atomic E-state index is -0.638. The highest BCUT2D eigenvalue weighted by Crippen LogP contribution is 2.40. The number of ether oxygens (including phenoxy) is 1. The van der Waals surface area contributed by atoms with Crippen LogP contribution in [0.3, 0.4) is 0 Å². The summed E-state index contributed by atoms with van der Waals surface area (Å²) in [4.78, 5) is 28.7. The van der Waals surface area contributed by atoms with Gasteiger partial charge in [0.1, 0.15) is 17.2 Å². The Balaban J connectivity index is 1.30. The van der Waals surface area contributed by atoms with E-state index in [1.54, 1.807) is 14.0 Å². The molecule has 3 aromatic rings. The van der Waals surface area contributed by atoms with Gasteiger partial charge >= 0.3 is 5.76 Å². The molecule has 1 aliphatic heterocycles. The van der Waals surface area contributed by atoms with E-state index in [9.17, 15) is 4.79 Å². The molecule has 9 heteroatoms. The van der Waals surface area contributed by atoms with Crippen molar-refractivity contribution in [2.75, 3.05) is 5.73 Å². The first-order chi connectivity index (χ1) is 16.2. The van der Waals surface area contributed by atoms with Gasteiger partial charge < -0.3 is 15.0 Å². The Labute approximate surface area is 198 Å². The highest BCUT2D eigenvalue weighted by Gasteiger charge is 2.35. The Morgan fingerprint density at radius 2 is 1.79 bits per heavy atom. The van der Waals surface area contributed by atoms with Gasteiger partial charge in [0.2, 0.25) is 5.88 Å². The number of benzene rings is 1. The molecule has 2 aromatic heterocycles. The molecule has 0 spiro atoms. The molecule has 0 unspecified atom stereocenters. The first kappa shape index (κ1) is 22.3. The van der Waals surface area contributed by atoms with Crippen LogP contribution in [0.15, 0.2) is 38.6 Å². The van der Waals surface area contributed by atoms with Gasteiger partial charge in [-0.1, -0.05) is 24.3 Å². The van der Waals surface area contributed by atoms with Gasteiger partial charge in [-0.15, -0.1) is 0 Å². The number of anilines is 1. The van der Waals surface area contributed by atoms with Crippen molar-refractivity contribution >= 4 is 17.2 Å². The summed E-state index contributed by atoms with van der Waals surface area (Å²) in [6.45, 7) is 5.76. The number of nitrogen functional groups attached to an aromatic ring is 1. The summed E-state index contributed by atoms with van der Waals surface area (Å²) in [6, 6.07) is 8.63. The molecular weight excluding hydrogens is 432 g/mol. The molecule has 0 saturated heterocycles. The van der Waals surface area contributed by atoms with Gasteiger partial charge in [0.15, 0.2) is 11.5 Å². The molecule has 178 valence electrons. The number of rotatable bonds is 4. The number of aromatic nitrogens is 4. The van der Waals surface area contributed by atoms with E-state index in [0.717, 1.165) is 49.2 Å². The van der Waals surface area contributed by atoms with Gasteiger partial charge in [-0.25, -0.2) is 14.8 Å². The Hall–Kier alpha value is -3.49. The summed E-state index contributed by atoms with van der Waals surface area (Å²) in [6.07, 6.45) is 5.24. The molecule has 2 aliphatic rings. The number of hydrogen-bond donors (Lipinski definition) is 1. The second-order valence-electron chi connectivity index (χ2n) is 9.81. The fraction of sp³-hybridized carbons (Fsp3) is 0.480. The molecule has 0 atom stereocenters. The zero-order valence-electron chi connectivity index (χ0n) is 20.0. The van der Waals surface area contributed by atoms with Crippen molar-refractivity contribution in [2.24, 2.45) is 18.0 Å². The monoisotopic (exact) mass is 462 g/mol. The predicted molar refractivity (Wildman–Crippen MR) is 129 cm³/mol. The number of aryl methyl sites for hydroxylation is 2. The molecule has 0 amide bonds. The fourth-order valence-corrected chi connectivity index (χ4v) is 5.10. The van der Waals surface area contributed by atoms with E-state index in [1.165, 1.54) is 10.3 Å². The van der Waals surface area contributed by atoms with E-state index in [2.05, 4.69) is 39.2 Å². The second-order valence-corrected chi connectivity index (χ2v) is 9.81. The smallest absolute Gasteiger partial charge is 0.459 e. The zero-order valence-corrected chi connectivity index (χ0v) is 20.0. The molecule has 0 bridgehead atoms. The van der Waals surface area contributed by atoms with Crippen molar-refractivity contribution in [1.29, 1.82) is 0 Å². The standard InChI is InChI=1S/C25H30N6O3/c1-14-27-22(26)20-23(28-14)33-25(2,3)21(30-20)18-11-9-17(10-12-18)16-7-5-15(6-8-16)13-19-29-24(32)34-31(19)4/h9-12,15-16H,5-8,13H2,1-4H3,(H2,26,27,28). The normalized spacial score (nSPS) is 21.5. The molecule has 2 N–H and O–H groups in total. The van der Waals surface area contributed by atoms with Crippen LogP contribution in [0.2, 0.25) is 0 Å². The lowest BCUT2D eigenvalue weighted by Crippen LogP contribution is -2.41. The van der Waals surface area contributed by atoms with Crippen LogP contribution in [0.25, 0.3) is 0 Å². The number of hydrogen-bond acceptors (Lipinski definition) is 8. The van der Waals surface area contributed by atoms with Crippen LogP contribution in [-0.4, -0.2) is 31.0 Å². The summed E-state index contributed by atoms with van der Waals surface area (Å²) in [5, 5.41) is 0. The minimum Gasteiger partial charge on any atom is -0.463 e. The van der Waals surface area contributed by atoms with Crippen LogP contribution < -0.4 is 16.2 Å². The van der Waals surface area contributed by atoms with E-state index in [0.29, 0.717) is 35.0 Å². The minimum absolute atomic E-state index is 0.328. The summed E-state index contributed by atoms with van der Waals surface area (Å²) < 4.78 is 12.6. The third kappa shape index (κ3) is 4.22. The number of nitrogens with zero attached hydrogens (tertiary/aromatic N) is 5. The molecule has 1 fully saturated rings. The first-order valence-corrected chi connectivity index (χ1v) is 11.8. The van der Waals surface area contributed by atoms with E-state index >= 15 is 0 Å². The van der Waals surface area contributed by atoms with Crippen LogP contribution in [0.4, 0.5) is 11.5 Å². The molecule has 1 aliphatic carbocycles. The molecule has 34 heavy (non-hydrogen) atoms. The average Bonchev–Trinajstić information content (AvgIpc) is 3.09. The first-order valence-electron chi connectivity index (χ1n) is 11.8. The molecule has 3 heterocycles. The van der Waals surface area contributed by atoms with Crippen molar-refractivity contribution in [2.45, 2.75) is 64.4 Å². The summed E-state index contributed by atoms with van der Waals surface area (Å²) in [5.74, 6) is 2.59. The molecule has 0 radical (unpaired) electrons. The van der Waals surface area contributed by atoms with Gasteiger partial charge in [0, 0.05) is 19.0 Å². The third-order valence-corrected chi connectivity index (χ3v) is 6.91. The number of nitrogens with two attached hydrogens (primary N) is 1. The Bertz CT molecular complexity index is 1300. The van der Waals surface area contributed by atoms with Gasteiger partial charge in [-0.3, -0.25) is 0 Å². The number of aliphatic imine (C=N–C) groups is 1. The quantitative estimate of drug-likeness (QED) is 0.625. The van der Waals surface area contributed by atoms with Gasteiger partial charge in [-0.05, 0) is 63.9 Å². The zero-order chi connectivity index (χ0) is 24.0. The van der Waals surface area contributed by atoms with Crippen LogP contribution in [0, 0.1) is 12.8 Å². The topological polar surface area (TPSA) is 121 Å². The fourth-order valence-electron chi connectivity index (χ4n) is 5.10. The van der Waals surface area contributed by atoms with E-state index in [-0.39, 0.29) is 0 Å². The van der Waals surface area contributed by atoms with E-state index < -0.39 is 11.4 Å². The maximum atomic E-state index is 11.3. The Morgan fingerprint density at radius 3 is 2.44 bits per heavy atom.